The minimum Gasteiger partial charge on any atom is -0.348 e. The Hall–Kier alpha value is -4.59. The highest BCUT2D eigenvalue weighted by molar-refractivity contribution is 5.96. The Labute approximate surface area is 194 Å². The second-order valence-corrected chi connectivity index (χ2v) is 8.06. The number of benzene rings is 1. The van der Waals surface area contributed by atoms with Crippen LogP contribution in [-0.2, 0) is 13.1 Å². The topological polar surface area (TPSA) is 105 Å². The molecule has 168 valence electrons. The molecule has 0 saturated heterocycles. The van der Waals surface area contributed by atoms with Crippen LogP contribution in [0, 0.1) is 12.3 Å². The van der Waals surface area contributed by atoms with Crippen molar-refractivity contribution < 1.29 is 4.79 Å². The molecule has 0 atom stereocenters. The third kappa shape index (κ3) is 3.86. The van der Waals surface area contributed by atoms with E-state index >= 15 is 0 Å². The van der Waals surface area contributed by atoms with E-state index in [2.05, 4.69) is 10.3 Å². The van der Waals surface area contributed by atoms with Gasteiger partial charge in [0.1, 0.15) is 16.8 Å². The molecule has 8 heteroatoms. The summed E-state index contributed by atoms with van der Waals surface area (Å²) in [5.41, 5.74) is 3.32. The molecule has 2 N–H and O–H groups in total. The molecule has 0 aliphatic heterocycles. The normalized spacial score (nSPS) is 11.1. The monoisotopic (exact) mass is 450 g/mol. The number of carbonyl (C=O) groups is 1. The molecular weight excluding hydrogens is 428 g/mol. The molecule has 1 aromatic carbocycles. The van der Waals surface area contributed by atoms with Crippen LogP contribution in [0.4, 0.5) is 0 Å². The molecular formula is C26H22N6O2. The highest BCUT2D eigenvalue weighted by Gasteiger charge is 2.18. The van der Waals surface area contributed by atoms with E-state index in [-0.39, 0.29) is 28.5 Å². The summed E-state index contributed by atoms with van der Waals surface area (Å²) in [5.74, 6) is -0.439. The second kappa shape index (κ2) is 8.74. The average Bonchev–Trinajstić information content (AvgIpc) is 2.86. The van der Waals surface area contributed by atoms with Gasteiger partial charge in [-0.3, -0.25) is 24.4 Å². The predicted octanol–water partition coefficient (Wildman–Crippen LogP) is 2.81. The van der Waals surface area contributed by atoms with Crippen LogP contribution in [0.5, 0.6) is 0 Å². The minimum absolute atomic E-state index is 0.00938. The maximum Gasteiger partial charge on any atom is 0.267 e. The number of fused-ring (bicyclic) bond motifs is 2. The van der Waals surface area contributed by atoms with Gasteiger partial charge in [-0.2, -0.15) is 0 Å². The molecule has 0 bridgehead atoms. The van der Waals surface area contributed by atoms with Crippen LogP contribution in [0.15, 0.2) is 84.0 Å². The van der Waals surface area contributed by atoms with Gasteiger partial charge in [0.15, 0.2) is 0 Å². The van der Waals surface area contributed by atoms with Gasteiger partial charge < -0.3 is 9.88 Å². The van der Waals surface area contributed by atoms with E-state index in [1.807, 2.05) is 49.4 Å². The fraction of sp³-hybridized carbons (Fsp3) is 0.115. The number of aromatic nitrogens is 4. The van der Waals surface area contributed by atoms with Gasteiger partial charge in [0, 0.05) is 25.1 Å². The molecule has 0 unspecified atom stereocenters. The summed E-state index contributed by atoms with van der Waals surface area (Å²) in [7, 11) is 0. The zero-order valence-electron chi connectivity index (χ0n) is 18.5. The molecule has 0 aliphatic carbocycles. The molecule has 5 rings (SSSR count). The summed E-state index contributed by atoms with van der Waals surface area (Å²) in [6, 6.07) is 18.4. The highest BCUT2D eigenvalue weighted by Crippen LogP contribution is 2.14. The van der Waals surface area contributed by atoms with Crippen molar-refractivity contribution >= 4 is 22.6 Å². The molecule has 1 amide bonds. The quantitative estimate of drug-likeness (QED) is 0.402. The van der Waals surface area contributed by atoms with Crippen LogP contribution in [0.25, 0.3) is 16.7 Å². The number of nitrogens with zero attached hydrogens (tertiary/aromatic N) is 4. The Morgan fingerprint density at radius 2 is 1.82 bits per heavy atom. The Morgan fingerprint density at radius 3 is 2.59 bits per heavy atom. The number of amides is 1. The first-order chi connectivity index (χ1) is 16.5. The maximum absolute atomic E-state index is 13.4. The summed E-state index contributed by atoms with van der Waals surface area (Å²) >= 11 is 0. The van der Waals surface area contributed by atoms with E-state index in [0.29, 0.717) is 17.8 Å². The first kappa shape index (κ1) is 21.3. The van der Waals surface area contributed by atoms with Crippen LogP contribution in [0.2, 0.25) is 0 Å². The van der Waals surface area contributed by atoms with Crippen LogP contribution < -0.4 is 16.4 Å². The molecule has 8 nitrogen and oxygen atoms in total. The number of rotatable bonds is 5. The lowest BCUT2D eigenvalue weighted by Crippen LogP contribution is -2.35. The Morgan fingerprint density at radius 1 is 1.03 bits per heavy atom. The van der Waals surface area contributed by atoms with Gasteiger partial charge in [-0.25, -0.2) is 4.98 Å². The van der Waals surface area contributed by atoms with Gasteiger partial charge in [0.2, 0.25) is 0 Å². The van der Waals surface area contributed by atoms with Crippen molar-refractivity contribution in [3.05, 3.63) is 117 Å². The maximum atomic E-state index is 13.4. The predicted molar refractivity (Wildman–Crippen MR) is 129 cm³/mol. The van der Waals surface area contributed by atoms with Crippen molar-refractivity contribution in [2.45, 2.75) is 20.0 Å². The van der Waals surface area contributed by atoms with E-state index in [1.54, 1.807) is 35.3 Å². The smallest absolute Gasteiger partial charge is 0.267 e. The molecule has 0 fully saturated rings. The summed E-state index contributed by atoms with van der Waals surface area (Å²) in [6.45, 7) is 2.45. The molecule has 0 saturated carbocycles. The zero-order valence-corrected chi connectivity index (χ0v) is 18.5. The number of carbonyl (C=O) groups excluding carboxylic acids is 1. The first-order valence-electron chi connectivity index (χ1n) is 10.8. The molecule has 0 aliphatic rings. The fourth-order valence-corrected chi connectivity index (χ4v) is 3.97. The van der Waals surface area contributed by atoms with E-state index in [1.165, 1.54) is 10.5 Å². The minimum atomic E-state index is -0.439. The van der Waals surface area contributed by atoms with Crippen molar-refractivity contribution in [2.75, 3.05) is 0 Å². The number of hydrogen-bond donors (Lipinski definition) is 2. The molecule has 0 radical (unpaired) electrons. The fourth-order valence-electron chi connectivity index (χ4n) is 3.97. The summed E-state index contributed by atoms with van der Waals surface area (Å²) in [5, 5.41) is 12.0. The van der Waals surface area contributed by atoms with Gasteiger partial charge in [-0.1, -0.05) is 42.5 Å². The largest absolute Gasteiger partial charge is 0.348 e. The zero-order chi connectivity index (χ0) is 23.7. The Balaban J connectivity index is 1.70. The lowest BCUT2D eigenvalue weighted by Gasteiger charge is -2.15. The number of nitrogens with one attached hydrogen (secondary N) is 2. The molecule has 4 heterocycles. The van der Waals surface area contributed by atoms with Crippen molar-refractivity contribution in [3.63, 3.8) is 0 Å². The van der Waals surface area contributed by atoms with Crippen molar-refractivity contribution in [3.8, 4) is 0 Å². The molecule has 5 aromatic rings. The lowest BCUT2D eigenvalue weighted by molar-refractivity contribution is 0.0948. The van der Waals surface area contributed by atoms with E-state index in [4.69, 9.17) is 10.4 Å². The van der Waals surface area contributed by atoms with Gasteiger partial charge in [0.05, 0.1) is 17.5 Å². The molecule has 0 spiro atoms. The Bertz CT molecular complexity index is 1640. The van der Waals surface area contributed by atoms with Gasteiger partial charge in [0.25, 0.3) is 11.5 Å². The number of aryl methyl sites for hydroxylation is 1. The van der Waals surface area contributed by atoms with Crippen LogP contribution >= 0.6 is 0 Å². The summed E-state index contributed by atoms with van der Waals surface area (Å²) in [4.78, 5) is 35.4. The third-order valence-electron chi connectivity index (χ3n) is 5.74. The number of pyridine rings is 3. The van der Waals surface area contributed by atoms with Crippen LogP contribution in [0.1, 0.15) is 27.0 Å². The molecule has 34 heavy (non-hydrogen) atoms. The third-order valence-corrected chi connectivity index (χ3v) is 5.74. The van der Waals surface area contributed by atoms with Crippen molar-refractivity contribution in [1.29, 1.82) is 5.41 Å². The Kier molecular flexibility index (Phi) is 5.47. The van der Waals surface area contributed by atoms with E-state index < -0.39 is 5.91 Å². The standard InChI is InChI=1S/C26H22N6O2/c1-17-7-6-12-31-23(17)30-24-21(26(31)34)13-20(25(33)29-15-19-10-5-11-28-14-19)22(27)32(24)16-18-8-3-2-4-9-18/h2-14,27H,15-16H2,1H3,(H,29,33). The molecule has 4 aromatic heterocycles. The SMILES string of the molecule is Cc1cccn2c(=O)c3cc(C(=O)NCc4cccnc4)c(=N)n(Cc4ccccc4)c3nc12. The van der Waals surface area contributed by atoms with E-state index in [0.717, 1.165) is 16.7 Å². The highest BCUT2D eigenvalue weighted by atomic mass is 16.1. The van der Waals surface area contributed by atoms with Crippen molar-refractivity contribution in [2.24, 2.45) is 0 Å². The number of hydrogen-bond acceptors (Lipinski definition) is 5. The van der Waals surface area contributed by atoms with Gasteiger partial charge in [-0.15, -0.1) is 0 Å². The van der Waals surface area contributed by atoms with Crippen LogP contribution in [0.3, 0.4) is 0 Å². The summed E-state index contributed by atoms with van der Waals surface area (Å²) in [6.07, 6.45) is 4.99. The van der Waals surface area contributed by atoms with E-state index in [9.17, 15) is 9.59 Å². The summed E-state index contributed by atoms with van der Waals surface area (Å²) < 4.78 is 3.10. The first-order valence-corrected chi connectivity index (χ1v) is 10.8. The second-order valence-electron chi connectivity index (χ2n) is 8.06. The van der Waals surface area contributed by atoms with Crippen LogP contribution in [-0.4, -0.2) is 24.8 Å². The lowest BCUT2D eigenvalue weighted by atomic mass is 10.1. The average molecular weight is 451 g/mol. The van der Waals surface area contributed by atoms with Gasteiger partial charge in [-0.05, 0) is 41.8 Å². The van der Waals surface area contributed by atoms with Gasteiger partial charge >= 0.3 is 0 Å². The van der Waals surface area contributed by atoms with Crippen molar-refractivity contribution in [1.82, 2.24) is 24.3 Å².